The fraction of sp³-hybridized carbons (Fsp3) is 0.188. The van der Waals surface area contributed by atoms with Gasteiger partial charge in [-0.25, -0.2) is 0 Å². The molecule has 0 aromatic heterocycles. The summed E-state index contributed by atoms with van der Waals surface area (Å²) in [7, 11) is 0. The van der Waals surface area contributed by atoms with Crippen molar-refractivity contribution in [2.24, 2.45) is 0 Å². The molecule has 0 aliphatic rings. The standard InChI is InChI=1S/C16H16OS/c1-3-5-9-14(4-2)12-16(17)18-13-15-10-7-6-8-11-15/h1,4-11H,12-13H2,2H3/b9-5-,14-4+. The van der Waals surface area contributed by atoms with Gasteiger partial charge in [-0.1, -0.05) is 60.2 Å². The lowest BCUT2D eigenvalue weighted by molar-refractivity contribution is -0.110. The highest BCUT2D eigenvalue weighted by Gasteiger charge is 2.04. The highest BCUT2D eigenvalue weighted by molar-refractivity contribution is 8.12. The van der Waals surface area contributed by atoms with Crippen molar-refractivity contribution in [3.8, 4) is 12.3 Å². The molecule has 0 radical (unpaired) electrons. The Morgan fingerprint density at radius 1 is 1.39 bits per heavy atom. The first-order valence-electron chi connectivity index (χ1n) is 5.73. The lowest BCUT2D eigenvalue weighted by atomic mass is 10.2. The SMILES string of the molecule is C#C/C=C\C(=C/C)CC(=O)SCc1ccccc1. The van der Waals surface area contributed by atoms with Gasteiger partial charge in [-0.15, -0.1) is 6.42 Å². The average Bonchev–Trinajstić information content (AvgIpc) is 2.42. The Balaban J connectivity index is 2.43. The van der Waals surface area contributed by atoms with Crippen LogP contribution in [0.25, 0.3) is 0 Å². The summed E-state index contributed by atoms with van der Waals surface area (Å²) in [5.41, 5.74) is 2.12. The zero-order valence-corrected chi connectivity index (χ0v) is 11.2. The summed E-state index contributed by atoms with van der Waals surface area (Å²) >= 11 is 1.34. The lowest BCUT2D eigenvalue weighted by Gasteiger charge is -2.02. The van der Waals surface area contributed by atoms with Gasteiger partial charge in [0.25, 0.3) is 0 Å². The van der Waals surface area contributed by atoms with Crippen LogP contribution in [0.3, 0.4) is 0 Å². The van der Waals surface area contributed by atoms with Crippen LogP contribution < -0.4 is 0 Å². The zero-order chi connectivity index (χ0) is 13.2. The molecule has 0 fully saturated rings. The zero-order valence-electron chi connectivity index (χ0n) is 10.4. The molecule has 1 rings (SSSR count). The third-order valence-corrected chi connectivity index (χ3v) is 3.30. The van der Waals surface area contributed by atoms with Crippen molar-refractivity contribution in [2.75, 3.05) is 0 Å². The Morgan fingerprint density at radius 2 is 2.11 bits per heavy atom. The first-order chi connectivity index (χ1) is 8.76. The van der Waals surface area contributed by atoms with Gasteiger partial charge in [-0.3, -0.25) is 4.79 Å². The van der Waals surface area contributed by atoms with Gasteiger partial charge in [0.1, 0.15) is 0 Å². The van der Waals surface area contributed by atoms with E-state index in [0.29, 0.717) is 6.42 Å². The van der Waals surface area contributed by atoms with Crippen LogP contribution in [0, 0.1) is 12.3 Å². The molecule has 0 saturated carbocycles. The fourth-order valence-corrected chi connectivity index (χ4v) is 2.16. The van der Waals surface area contributed by atoms with Crippen LogP contribution in [0.4, 0.5) is 0 Å². The van der Waals surface area contributed by atoms with E-state index in [2.05, 4.69) is 5.92 Å². The molecule has 0 aliphatic carbocycles. The van der Waals surface area contributed by atoms with Crippen LogP contribution in [0.15, 0.2) is 54.1 Å². The summed E-state index contributed by atoms with van der Waals surface area (Å²) in [5.74, 6) is 3.14. The van der Waals surface area contributed by atoms with E-state index >= 15 is 0 Å². The predicted molar refractivity (Wildman–Crippen MR) is 79.1 cm³/mol. The number of terminal acetylenes is 1. The molecule has 0 N–H and O–H groups in total. The molecular formula is C16H16OS. The second kappa shape index (κ2) is 8.38. The Kier molecular flexibility index (Phi) is 6.68. The van der Waals surface area contributed by atoms with Crippen LogP contribution in [-0.2, 0) is 10.5 Å². The van der Waals surface area contributed by atoms with Crippen LogP contribution in [-0.4, -0.2) is 5.12 Å². The largest absolute Gasteiger partial charge is 0.287 e. The van der Waals surface area contributed by atoms with Gasteiger partial charge in [0.2, 0.25) is 0 Å². The third kappa shape index (κ3) is 5.56. The van der Waals surface area contributed by atoms with Gasteiger partial charge in [0, 0.05) is 12.2 Å². The van der Waals surface area contributed by atoms with Gasteiger partial charge in [0.15, 0.2) is 5.12 Å². The maximum Gasteiger partial charge on any atom is 0.193 e. The van der Waals surface area contributed by atoms with Crippen molar-refractivity contribution < 1.29 is 4.79 Å². The Labute approximate surface area is 113 Å². The fourth-order valence-electron chi connectivity index (χ4n) is 1.37. The molecule has 0 heterocycles. The summed E-state index contributed by atoms with van der Waals surface area (Å²) in [6.07, 6.45) is 10.9. The maximum absolute atomic E-state index is 11.8. The van der Waals surface area contributed by atoms with Crippen molar-refractivity contribution in [1.29, 1.82) is 0 Å². The van der Waals surface area contributed by atoms with Crippen molar-refractivity contribution in [3.05, 3.63) is 59.7 Å². The van der Waals surface area contributed by atoms with Gasteiger partial charge >= 0.3 is 0 Å². The molecule has 0 unspecified atom stereocenters. The number of rotatable bonds is 5. The number of thioether (sulfide) groups is 1. The minimum Gasteiger partial charge on any atom is -0.287 e. The summed E-state index contributed by atoms with van der Waals surface area (Å²) in [6, 6.07) is 9.98. The van der Waals surface area contributed by atoms with E-state index in [0.717, 1.165) is 16.9 Å². The summed E-state index contributed by atoms with van der Waals surface area (Å²) in [5, 5.41) is 0.161. The van der Waals surface area contributed by atoms with E-state index in [9.17, 15) is 4.79 Å². The smallest absolute Gasteiger partial charge is 0.193 e. The molecule has 0 spiro atoms. The van der Waals surface area contributed by atoms with Crippen molar-refractivity contribution in [2.45, 2.75) is 19.1 Å². The highest BCUT2D eigenvalue weighted by Crippen LogP contribution is 2.17. The van der Waals surface area contributed by atoms with E-state index in [1.165, 1.54) is 11.8 Å². The maximum atomic E-state index is 11.8. The number of benzene rings is 1. The quantitative estimate of drug-likeness (QED) is 0.585. The van der Waals surface area contributed by atoms with E-state index in [-0.39, 0.29) is 5.12 Å². The summed E-state index contributed by atoms with van der Waals surface area (Å²) in [4.78, 5) is 11.8. The highest BCUT2D eigenvalue weighted by atomic mass is 32.2. The molecule has 0 saturated heterocycles. The van der Waals surface area contributed by atoms with Crippen LogP contribution >= 0.6 is 11.8 Å². The van der Waals surface area contributed by atoms with Crippen molar-refractivity contribution in [1.82, 2.24) is 0 Å². The predicted octanol–water partition coefficient (Wildman–Crippen LogP) is 3.97. The summed E-state index contributed by atoms with van der Waals surface area (Å²) in [6.45, 7) is 1.91. The van der Waals surface area contributed by atoms with Crippen LogP contribution in [0.5, 0.6) is 0 Å². The van der Waals surface area contributed by atoms with Gasteiger partial charge < -0.3 is 0 Å². The third-order valence-electron chi connectivity index (χ3n) is 2.36. The number of carbonyl (C=O) groups is 1. The first kappa shape index (κ1) is 14.3. The van der Waals surface area contributed by atoms with Crippen molar-refractivity contribution >= 4 is 16.9 Å². The number of carbonyl (C=O) groups excluding carboxylic acids is 1. The van der Waals surface area contributed by atoms with E-state index in [1.54, 1.807) is 12.2 Å². The molecule has 18 heavy (non-hydrogen) atoms. The topological polar surface area (TPSA) is 17.1 Å². The molecule has 2 heteroatoms. The molecule has 0 amide bonds. The monoisotopic (exact) mass is 256 g/mol. The van der Waals surface area contributed by atoms with Crippen LogP contribution in [0.2, 0.25) is 0 Å². The first-order valence-corrected chi connectivity index (χ1v) is 6.72. The number of hydrogen-bond donors (Lipinski definition) is 0. The van der Waals surface area contributed by atoms with Crippen LogP contribution in [0.1, 0.15) is 18.9 Å². The molecule has 1 nitrogen and oxygen atoms in total. The van der Waals surface area contributed by atoms with E-state index in [4.69, 9.17) is 6.42 Å². The number of allylic oxidation sites excluding steroid dienone is 4. The van der Waals surface area contributed by atoms with Crippen molar-refractivity contribution in [3.63, 3.8) is 0 Å². The van der Waals surface area contributed by atoms with E-state index < -0.39 is 0 Å². The Hall–Kier alpha value is -1.72. The van der Waals surface area contributed by atoms with Gasteiger partial charge in [0.05, 0.1) is 0 Å². The Morgan fingerprint density at radius 3 is 2.72 bits per heavy atom. The van der Waals surface area contributed by atoms with Gasteiger partial charge in [-0.2, -0.15) is 0 Å². The Bertz CT molecular complexity index is 478. The molecular weight excluding hydrogens is 240 g/mol. The molecule has 0 atom stereocenters. The number of hydrogen-bond acceptors (Lipinski definition) is 2. The second-order valence-electron chi connectivity index (χ2n) is 3.69. The summed E-state index contributed by atoms with van der Waals surface area (Å²) < 4.78 is 0. The molecule has 1 aromatic carbocycles. The molecule has 0 aliphatic heterocycles. The molecule has 1 aromatic rings. The second-order valence-corrected chi connectivity index (χ2v) is 4.72. The van der Waals surface area contributed by atoms with Gasteiger partial charge in [-0.05, 0) is 24.1 Å². The average molecular weight is 256 g/mol. The van der Waals surface area contributed by atoms with E-state index in [1.807, 2.05) is 43.3 Å². The molecule has 0 bridgehead atoms. The minimum atomic E-state index is 0.161. The minimum absolute atomic E-state index is 0.161. The normalized spacial score (nSPS) is 11.4. The molecule has 92 valence electrons. The lowest BCUT2D eigenvalue weighted by Crippen LogP contribution is -1.94.